The molecule has 1 fully saturated rings. The van der Waals surface area contributed by atoms with Gasteiger partial charge in [-0.1, -0.05) is 47.5 Å². The fourth-order valence-corrected chi connectivity index (χ4v) is 5.31. The molecular formula is C26H27Cl2N5O5. The maximum absolute atomic E-state index is 14.0. The highest BCUT2D eigenvalue weighted by atomic mass is 35.5. The topological polar surface area (TPSA) is 138 Å². The van der Waals surface area contributed by atoms with Crippen LogP contribution in [0.3, 0.4) is 0 Å². The van der Waals surface area contributed by atoms with Crippen LogP contribution in [0.25, 0.3) is 0 Å². The Kier molecular flexibility index (Phi) is 8.25. The van der Waals surface area contributed by atoms with Gasteiger partial charge >= 0.3 is 0 Å². The molecule has 2 aliphatic heterocycles. The Hall–Kier alpha value is -3.60. The van der Waals surface area contributed by atoms with Crippen LogP contribution in [0.2, 0.25) is 10.3 Å². The number of benzene rings is 1. The molecule has 38 heavy (non-hydrogen) atoms. The number of aromatic nitrogens is 1. The summed E-state index contributed by atoms with van der Waals surface area (Å²) in [5, 5.41) is 9.65. The van der Waals surface area contributed by atoms with Crippen LogP contribution in [0.15, 0.2) is 60.3 Å². The number of nitrogens with one attached hydrogen (secondary N) is 1. The SMILES string of the molecule is C[C@H](C(=O)NO)N1CCC(c2ccc(OCc3cc(Cl)nc(Cl)c3)cc2)(N2C=C(CC(N)=O)C=CC2)C1=O. The standard InChI is InChI=1S/C26H27Cl2N5O5/c1-16(24(35)31-37)33-10-8-26(25(33)36,32-9-2-3-17(14-32)13-23(29)34)19-4-6-20(7-5-19)38-15-18-11-21(27)30-22(28)12-18/h2-7,11-12,14,16,37H,8-10,13,15H2,1H3,(H2,29,34)(H,31,35)/t16-,26?/m1/s1. The van der Waals surface area contributed by atoms with Gasteiger partial charge in [0.2, 0.25) is 5.91 Å². The van der Waals surface area contributed by atoms with Crippen LogP contribution >= 0.6 is 23.2 Å². The van der Waals surface area contributed by atoms with Crippen LogP contribution in [0, 0.1) is 0 Å². The summed E-state index contributed by atoms with van der Waals surface area (Å²) >= 11 is 11.9. The minimum absolute atomic E-state index is 0.0279. The average Bonchev–Trinajstić information content (AvgIpc) is 3.23. The fraction of sp³-hybridized carbons (Fsp3) is 0.308. The van der Waals surface area contributed by atoms with E-state index in [1.54, 1.807) is 55.0 Å². The molecule has 1 aromatic carbocycles. The molecule has 0 radical (unpaired) electrons. The maximum atomic E-state index is 14.0. The van der Waals surface area contributed by atoms with Crippen molar-refractivity contribution >= 4 is 40.9 Å². The Morgan fingerprint density at radius 1 is 1.24 bits per heavy atom. The van der Waals surface area contributed by atoms with Crippen molar-refractivity contribution < 1.29 is 24.3 Å². The van der Waals surface area contributed by atoms with Crippen molar-refractivity contribution in [2.45, 2.75) is 38.0 Å². The van der Waals surface area contributed by atoms with Gasteiger partial charge in [-0.2, -0.15) is 0 Å². The monoisotopic (exact) mass is 559 g/mol. The van der Waals surface area contributed by atoms with Gasteiger partial charge in [-0.3, -0.25) is 19.6 Å². The van der Waals surface area contributed by atoms with E-state index in [-0.39, 0.29) is 35.8 Å². The summed E-state index contributed by atoms with van der Waals surface area (Å²) < 4.78 is 5.88. The van der Waals surface area contributed by atoms with Crippen molar-refractivity contribution in [3.8, 4) is 5.75 Å². The molecule has 10 nitrogen and oxygen atoms in total. The highest BCUT2D eigenvalue weighted by molar-refractivity contribution is 6.32. The van der Waals surface area contributed by atoms with Crippen LogP contribution in [-0.4, -0.2) is 56.8 Å². The second-order valence-corrected chi connectivity index (χ2v) is 9.87. The van der Waals surface area contributed by atoms with Crippen LogP contribution < -0.4 is 16.0 Å². The number of nitrogens with two attached hydrogens (primary N) is 1. The molecule has 4 rings (SSSR count). The lowest BCUT2D eigenvalue weighted by molar-refractivity contribution is -0.146. The number of primary amides is 1. The summed E-state index contributed by atoms with van der Waals surface area (Å²) in [6.07, 6.45) is 5.84. The number of carbonyl (C=O) groups excluding carboxylic acids is 3. The number of nitrogens with zero attached hydrogens (tertiary/aromatic N) is 3. The molecule has 1 saturated heterocycles. The minimum atomic E-state index is -1.15. The van der Waals surface area contributed by atoms with Crippen molar-refractivity contribution in [2.24, 2.45) is 5.73 Å². The summed E-state index contributed by atoms with van der Waals surface area (Å²) in [6.45, 7) is 2.46. The van der Waals surface area contributed by atoms with Crippen LogP contribution in [-0.2, 0) is 26.5 Å². The Morgan fingerprint density at radius 2 is 1.92 bits per heavy atom. The third-order valence-electron chi connectivity index (χ3n) is 6.67. The minimum Gasteiger partial charge on any atom is -0.489 e. The third-order valence-corrected chi connectivity index (χ3v) is 7.06. The van der Waals surface area contributed by atoms with E-state index < -0.39 is 23.4 Å². The van der Waals surface area contributed by atoms with Crippen molar-refractivity contribution in [2.75, 3.05) is 13.1 Å². The largest absolute Gasteiger partial charge is 0.489 e. The number of hydroxylamine groups is 1. The fourth-order valence-electron chi connectivity index (χ4n) is 4.81. The van der Waals surface area contributed by atoms with E-state index in [1.807, 2.05) is 17.1 Å². The lowest BCUT2D eigenvalue weighted by Gasteiger charge is -2.41. The number of halogens is 2. The summed E-state index contributed by atoms with van der Waals surface area (Å²) in [4.78, 5) is 44.9. The zero-order valence-electron chi connectivity index (χ0n) is 20.6. The van der Waals surface area contributed by atoms with Gasteiger partial charge in [0.05, 0.1) is 6.42 Å². The van der Waals surface area contributed by atoms with Gasteiger partial charge in [0, 0.05) is 25.7 Å². The van der Waals surface area contributed by atoms with Gasteiger partial charge in [-0.05, 0) is 47.9 Å². The molecule has 12 heteroatoms. The lowest BCUT2D eigenvalue weighted by atomic mass is 9.85. The van der Waals surface area contributed by atoms with E-state index in [1.165, 1.54) is 4.90 Å². The smallest absolute Gasteiger partial charge is 0.265 e. The molecule has 3 amide bonds. The maximum Gasteiger partial charge on any atom is 0.265 e. The van der Waals surface area contributed by atoms with Gasteiger partial charge < -0.3 is 20.3 Å². The van der Waals surface area contributed by atoms with Crippen LogP contribution in [0.5, 0.6) is 5.75 Å². The van der Waals surface area contributed by atoms with Crippen LogP contribution in [0.4, 0.5) is 0 Å². The van der Waals surface area contributed by atoms with E-state index >= 15 is 0 Å². The zero-order valence-corrected chi connectivity index (χ0v) is 22.1. The molecule has 1 unspecified atom stereocenters. The highest BCUT2D eigenvalue weighted by Crippen LogP contribution is 2.42. The van der Waals surface area contributed by atoms with Crippen molar-refractivity contribution in [3.63, 3.8) is 0 Å². The quantitative estimate of drug-likeness (QED) is 0.244. The molecule has 2 atom stereocenters. The first-order valence-electron chi connectivity index (χ1n) is 11.9. The van der Waals surface area contributed by atoms with Crippen molar-refractivity contribution in [3.05, 3.63) is 81.8 Å². The second-order valence-electron chi connectivity index (χ2n) is 9.10. The van der Waals surface area contributed by atoms with Crippen LogP contribution in [0.1, 0.15) is 30.9 Å². The van der Waals surface area contributed by atoms with Gasteiger partial charge in [0.15, 0.2) is 0 Å². The van der Waals surface area contributed by atoms with Gasteiger partial charge in [0.25, 0.3) is 11.8 Å². The van der Waals surface area contributed by atoms with Gasteiger partial charge in [-0.15, -0.1) is 0 Å². The molecule has 0 saturated carbocycles. The number of allylic oxidation sites excluding steroid dienone is 1. The van der Waals surface area contributed by atoms with Crippen molar-refractivity contribution in [1.82, 2.24) is 20.3 Å². The summed E-state index contributed by atoms with van der Waals surface area (Å²) in [6, 6.07) is 9.56. The third kappa shape index (κ3) is 5.62. The predicted octanol–water partition coefficient (Wildman–Crippen LogP) is 2.92. The van der Waals surface area contributed by atoms with Gasteiger partial charge in [0.1, 0.15) is 34.2 Å². The van der Waals surface area contributed by atoms with E-state index in [0.717, 1.165) is 5.56 Å². The average molecular weight is 560 g/mol. The predicted molar refractivity (Wildman–Crippen MR) is 140 cm³/mol. The van der Waals surface area contributed by atoms with E-state index in [0.29, 0.717) is 29.9 Å². The molecular weight excluding hydrogens is 533 g/mol. The number of amides is 3. The van der Waals surface area contributed by atoms with E-state index in [2.05, 4.69) is 4.98 Å². The highest BCUT2D eigenvalue weighted by Gasteiger charge is 2.53. The summed E-state index contributed by atoms with van der Waals surface area (Å²) in [7, 11) is 0. The number of rotatable bonds is 9. The number of hydrogen-bond donors (Lipinski definition) is 3. The first-order chi connectivity index (χ1) is 18.1. The number of carbonyl (C=O) groups is 3. The molecule has 1 aromatic heterocycles. The second kappa shape index (κ2) is 11.4. The van der Waals surface area contributed by atoms with Crippen molar-refractivity contribution in [1.29, 1.82) is 0 Å². The number of likely N-dealkylation sites (tertiary alicyclic amines) is 1. The molecule has 0 aliphatic carbocycles. The molecule has 4 N–H and O–H groups in total. The molecule has 2 aromatic rings. The Morgan fingerprint density at radius 3 is 2.55 bits per heavy atom. The molecule has 200 valence electrons. The normalized spacial score (nSPS) is 19.8. The first kappa shape index (κ1) is 27.4. The first-order valence-corrected chi connectivity index (χ1v) is 12.6. The number of hydrogen-bond acceptors (Lipinski definition) is 7. The molecule has 0 spiro atoms. The Bertz CT molecular complexity index is 1280. The van der Waals surface area contributed by atoms with E-state index in [4.69, 9.17) is 38.9 Å². The summed E-state index contributed by atoms with van der Waals surface area (Å²) in [5.74, 6) is -0.902. The van der Waals surface area contributed by atoms with Gasteiger partial charge in [-0.25, -0.2) is 10.5 Å². The number of ether oxygens (including phenoxy) is 1. The Labute approximate surface area is 229 Å². The summed E-state index contributed by atoms with van der Waals surface area (Å²) in [5.41, 5.74) is 7.98. The molecule has 0 bridgehead atoms. The number of pyridine rings is 1. The molecule has 3 heterocycles. The van der Waals surface area contributed by atoms with E-state index in [9.17, 15) is 14.4 Å². The zero-order chi connectivity index (χ0) is 27.4. The molecule has 2 aliphatic rings. The lowest BCUT2D eigenvalue weighted by Crippen LogP contribution is -2.53. The Balaban J connectivity index is 1.64.